The van der Waals surface area contributed by atoms with Gasteiger partial charge in [0.1, 0.15) is 5.76 Å². The molecule has 1 amide bonds. The van der Waals surface area contributed by atoms with Gasteiger partial charge < -0.3 is 9.32 Å². The fraction of sp³-hybridized carbons (Fsp3) is 0.348. The van der Waals surface area contributed by atoms with Crippen LogP contribution in [-0.4, -0.2) is 36.6 Å². The molecule has 0 aliphatic carbocycles. The fourth-order valence-corrected chi connectivity index (χ4v) is 6.04. The van der Waals surface area contributed by atoms with Crippen molar-refractivity contribution in [2.75, 3.05) is 13.1 Å². The van der Waals surface area contributed by atoms with Crippen LogP contribution in [0.1, 0.15) is 29.0 Å². The maximum absolute atomic E-state index is 13.3. The molecule has 1 aromatic carbocycles. The molecule has 6 nitrogen and oxygen atoms in total. The van der Waals surface area contributed by atoms with Crippen molar-refractivity contribution in [3.63, 3.8) is 0 Å². The van der Waals surface area contributed by atoms with Crippen LogP contribution in [0.25, 0.3) is 0 Å². The van der Waals surface area contributed by atoms with E-state index in [-0.39, 0.29) is 11.8 Å². The molecule has 0 radical (unpaired) electrons. The normalized spacial score (nSPS) is 15.8. The molecule has 0 spiro atoms. The van der Waals surface area contributed by atoms with Gasteiger partial charge in [-0.1, -0.05) is 23.8 Å². The molecule has 0 bridgehead atoms. The Morgan fingerprint density at radius 3 is 2.45 bits per heavy atom. The molecule has 0 saturated carbocycles. The number of hydrogen-bond donors (Lipinski definition) is 0. The van der Waals surface area contributed by atoms with Gasteiger partial charge in [0.25, 0.3) is 0 Å². The first kappa shape index (κ1) is 21.8. The highest BCUT2D eigenvalue weighted by atomic mass is 32.2. The fourth-order valence-electron chi connectivity index (χ4n) is 3.85. The van der Waals surface area contributed by atoms with E-state index in [0.717, 1.165) is 16.2 Å². The van der Waals surface area contributed by atoms with Crippen LogP contribution >= 0.6 is 11.3 Å². The lowest BCUT2D eigenvalue weighted by Crippen LogP contribution is -2.44. The van der Waals surface area contributed by atoms with Gasteiger partial charge in [-0.2, -0.15) is 4.31 Å². The zero-order chi connectivity index (χ0) is 21.8. The standard InChI is InChI=1S/C23H26N2O4S2/c1-18-6-8-22(9-7-18)31(27,28)25-12-10-19(11-13-25)23(26)24(16-20-4-2-14-29-20)17-21-5-3-15-30-21/h2-9,14-15,19H,10-13,16-17H2,1H3. The number of carbonyl (C=O) groups excluding carboxylic acids is 1. The minimum absolute atomic E-state index is 0.0529. The van der Waals surface area contributed by atoms with Gasteiger partial charge in [0, 0.05) is 23.9 Å². The molecule has 1 fully saturated rings. The molecule has 0 N–H and O–H groups in total. The second-order valence-corrected chi connectivity index (χ2v) is 10.8. The summed E-state index contributed by atoms with van der Waals surface area (Å²) in [6.07, 6.45) is 2.64. The van der Waals surface area contributed by atoms with Crippen molar-refractivity contribution in [2.45, 2.75) is 37.8 Å². The number of piperidine rings is 1. The summed E-state index contributed by atoms with van der Waals surface area (Å²) < 4.78 is 32.9. The average Bonchev–Trinajstić information content (AvgIpc) is 3.48. The SMILES string of the molecule is Cc1ccc(S(=O)(=O)N2CCC(C(=O)N(Cc3ccco3)Cc3cccs3)CC2)cc1. The number of benzene rings is 1. The van der Waals surface area contributed by atoms with Crippen molar-refractivity contribution in [3.8, 4) is 0 Å². The second-order valence-electron chi connectivity index (χ2n) is 7.84. The highest BCUT2D eigenvalue weighted by molar-refractivity contribution is 7.89. The Balaban J connectivity index is 1.43. The summed E-state index contributed by atoms with van der Waals surface area (Å²) in [4.78, 5) is 16.6. The van der Waals surface area contributed by atoms with Gasteiger partial charge in [-0.25, -0.2) is 8.42 Å². The van der Waals surface area contributed by atoms with Crippen molar-refractivity contribution < 1.29 is 17.6 Å². The number of carbonyl (C=O) groups is 1. The first-order valence-corrected chi connectivity index (χ1v) is 12.7. The molecule has 1 saturated heterocycles. The number of thiophene rings is 1. The number of amides is 1. The lowest BCUT2D eigenvalue weighted by atomic mass is 9.96. The minimum Gasteiger partial charge on any atom is -0.467 e. The Morgan fingerprint density at radius 2 is 1.84 bits per heavy atom. The van der Waals surface area contributed by atoms with E-state index < -0.39 is 10.0 Å². The molecule has 0 atom stereocenters. The van der Waals surface area contributed by atoms with Crippen molar-refractivity contribution in [1.82, 2.24) is 9.21 Å². The van der Waals surface area contributed by atoms with E-state index >= 15 is 0 Å². The van der Waals surface area contributed by atoms with Crippen LogP contribution in [0.4, 0.5) is 0 Å². The van der Waals surface area contributed by atoms with Gasteiger partial charge in [-0.15, -0.1) is 11.3 Å². The molecule has 0 unspecified atom stereocenters. The smallest absolute Gasteiger partial charge is 0.243 e. The van der Waals surface area contributed by atoms with Crippen LogP contribution in [-0.2, 0) is 27.9 Å². The van der Waals surface area contributed by atoms with Crippen molar-refractivity contribution >= 4 is 27.3 Å². The molecule has 1 aliphatic rings. The number of sulfonamides is 1. The lowest BCUT2D eigenvalue weighted by Gasteiger charge is -2.33. The van der Waals surface area contributed by atoms with E-state index in [2.05, 4.69) is 0 Å². The topological polar surface area (TPSA) is 70.8 Å². The quantitative estimate of drug-likeness (QED) is 0.530. The molecule has 3 heterocycles. The van der Waals surface area contributed by atoms with Gasteiger partial charge in [0.2, 0.25) is 15.9 Å². The Kier molecular flexibility index (Phi) is 6.60. The molecular formula is C23H26N2O4S2. The molecule has 8 heteroatoms. The van der Waals surface area contributed by atoms with Crippen molar-refractivity contribution in [1.29, 1.82) is 0 Å². The molecule has 2 aromatic heterocycles. The average molecular weight is 459 g/mol. The molecule has 4 rings (SSSR count). The van der Waals surface area contributed by atoms with Gasteiger partial charge in [-0.3, -0.25) is 4.79 Å². The van der Waals surface area contributed by atoms with Gasteiger partial charge >= 0.3 is 0 Å². The first-order chi connectivity index (χ1) is 14.9. The Bertz CT molecular complexity index is 1050. The van der Waals surface area contributed by atoms with E-state index in [0.29, 0.717) is 43.9 Å². The number of rotatable bonds is 7. The molecular weight excluding hydrogens is 432 g/mol. The molecule has 164 valence electrons. The summed E-state index contributed by atoms with van der Waals surface area (Å²) in [7, 11) is -3.54. The summed E-state index contributed by atoms with van der Waals surface area (Å²) >= 11 is 1.62. The summed E-state index contributed by atoms with van der Waals surface area (Å²) in [5, 5.41) is 2.00. The third kappa shape index (κ3) is 5.08. The second kappa shape index (κ2) is 9.38. The van der Waals surface area contributed by atoms with Crippen LogP contribution in [0.5, 0.6) is 0 Å². The van der Waals surface area contributed by atoms with E-state index in [4.69, 9.17) is 4.42 Å². The first-order valence-electron chi connectivity index (χ1n) is 10.3. The Morgan fingerprint density at radius 1 is 1.10 bits per heavy atom. The third-order valence-electron chi connectivity index (χ3n) is 5.63. The van der Waals surface area contributed by atoms with Gasteiger partial charge in [0.15, 0.2) is 0 Å². The molecule has 31 heavy (non-hydrogen) atoms. The predicted molar refractivity (Wildman–Crippen MR) is 120 cm³/mol. The highest BCUT2D eigenvalue weighted by Crippen LogP contribution is 2.27. The largest absolute Gasteiger partial charge is 0.467 e. The van der Waals surface area contributed by atoms with E-state index in [1.165, 1.54) is 4.31 Å². The number of furan rings is 1. The number of hydrogen-bond acceptors (Lipinski definition) is 5. The van der Waals surface area contributed by atoms with Crippen LogP contribution < -0.4 is 0 Å². The summed E-state index contributed by atoms with van der Waals surface area (Å²) in [5.74, 6) is 0.598. The summed E-state index contributed by atoms with van der Waals surface area (Å²) in [5.41, 5.74) is 1.02. The van der Waals surface area contributed by atoms with Crippen LogP contribution in [0.15, 0.2) is 69.5 Å². The summed E-state index contributed by atoms with van der Waals surface area (Å²) in [6.45, 7) is 3.56. The molecule has 1 aliphatic heterocycles. The van der Waals surface area contributed by atoms with E-state index in [1.807, 2.05) is 41.5 Å². The monoisotopic (exact) mass is 458 g/mol. The minimum atomic E-state index is -3.54. The Labute approximate surface area is 187 Å². The van der Waals surface area contributed by atoms with Gasteiger partial charge in [-0.05, 0) is 55.5 Å². The van der Waals surface area contributed by atoms with Crippen LogP contribution in [0.2, 0.25) is 0 Å². The van der Waals surface area contributed by atoms with Crippen LogP contribution in [0.3, 0.4) is 0 Å². The molecule has 3 aromatic rings. The zero-order valence-electron chi connectivity index (χ0n) is 17.4. The van der Waals surface area contributed by atoms with E-state index in [9.17, 15) is 13.2 Å². The lowest BCUT2D eigenvalue weighted by molar-refractivity contribution is -0.138. The van der Waals surface area contributed by atoms with E-state index in [1.54, 1.807) is 41.9 Å². The number of nitrogens with zero attached hydrogens (tertiary/aromatic N) is 2. The highest BCUT2D eigenvalue weighted by Gasteiger charge is 2.34. The Hall–Kier alpha value is -2.42. The van der Waals surface area contributed by atoms with Crippen molar-refractivity contribution in [3.05, 3.63) is 76.4 Å². The zero-order valence-corrected chi connectivity index (χ0v) is 19.1. The van der Waals surface area contributed by atoms with Gasteiger partial charge in [0.05, 0.1) is 24.2 Å². The third-order valence-corrected chi connectivity index (χ3v) is 8.40. The number of aryl methyl sites for hydroxylation is 1. The maximum atomic E-state index is 13.3. The summed E-state index contributed by atoms with van der Waals surface area (Å²) in [6, 6.07) is 14.6. The predicted octanol–water partition coefficient (Wildman–Crippen LogP) is 4.28. The maximum Gasteiger partial charge on any atom is 0.243 e. The van der Waals surface area contributed by atoms with Crippen LogP contribution in [0, 0.1) is 12.8 Å². The van der Waals surface area contributed by atoms with Crippen molar-refractivity contribution in [2.24, 2.45) is 5.92 Å².